The van der Waals surface area contributed by atoms with E-state index in [0.29, 0.717) is 6.61 Å². The van der Waals surface area contributed by atoms with Crippen molar-refractivity contribution in [2.45, 2.75) is 46.6 Å². The van der Waals surface area contributed by atoms with E-state index in [9.17, 15) is 4.79 Å². The predicted molar refractivity (Wildman–Crippen MR) is 101 cm³/mol. The van der Waals surface area contributed by atoms with Crippen LogP contribution in [-0.2, 0) is 4.79 Å². The first kappa shape index (κ1) is 18.8. The number of hydrogen-bond donors (Lipinski definition) is 1. The highest BCUT2D eigenvalue weighted by Crippen LogP contribution is 2.21. The van der Waals surface area contributed by atoms with Crippen molar-refractivity contribution in [2.24, 2.45) is 0 Å². The van der Waals surface area contributed by atoms with Crippen LogP contribution in [0, 0.1) is 13.8 Å². The van der Waals surface area contributed by atoms with Gasteiger partial charge in [-0.15, -0.1) is 0 Å². The number of ether oxygens (including phenoxy) is 2. The molecule has 0 spiro atoms. The van der Waals surface area contributed by atoms with Crippen LogP contribution in [0.25, 0.3) is 0 Å². The molecule has 1 N–H and O–H groups in total. The molecule has 25 heavy (non-hydrogen) atoms. The van der Waals surface area contributed by atoms with Crippen molar-refractivity contribution < 1.29 is 14.3 Å². The van der Waals surface area contributed by atoms with Crippen LogP contribution in [0.1, 0.15) is 37.8 Å². The molecule has 0 fully saturated rings. The molecule has 0 heterocycles. The van der Waals surface area contributed by atoms with Crippen LogP contribution < -0.4 is 14.8 Å². The third kappa shape index (κ3) is 5.82. The van der Waals surface area contributed by atoms with Crippen LogP contribution in [0.4, 0.5) is 5.69 Å². The molecule has 0 aliphatic carbocycles. The van der Waals surface area contributed by atoms with Crippen LogP contribution in [0.2, 0.25) is 0 Å². The average Bonchev–Trinajstić information content (AvgIpc) is 2.59. The summed E-state index contributed by atoms with van der Waals surface area (Å²) in [4.78, 5) is 12.3. The number of carbonyl (C=O) groups is 1. The number of benzene rings is 2. The van der Waals surface area contributed by atoms with E-state index < -0.39 is 6.10 Å². The minimum Gasteiger partial charge on any atom is -0.494 e. The Hall–Kier alpha value is -2.49. The Morgan fingerprint density at radius 3 is 2.48 bits per heavy atom. The SMILES string of the molecule is CCCCOc1ccc(NC(=O)C(C)Oc2ccc(C)cc2C)cc1. The Balaban J connectivity index is 1.89. The van der Waals surface area contributed by atoms with Gasteiger partial charge in [0.05, 0.1) is 6.61 Å². The summed E-state index contributed by atoms with van der Waals surface area (Å²) >= 11 is 0. The van der Waals surface area contributed by atoms with Gasteiger partial charge in [0.2, 0.25) is 0 Å². The second kappa shape index (κ2) is 9.11. The highest BCUT2D eigenvalue weighted by atomic mass is 16.5. The number of rotatable bonds is 8. The molecule has 4 heteroatoms. The Labute approximate surface area is 150 Å². The summed E-state index contributed by atoms with van der Waals surface area (Å²) in [5.41, 5.74) is 2.92. The molecule has 2 aromatic carbocycles. The fourth-order valence-electron chi connectivity index (χ4n) is 2.39. The van der Waals surface area contributed by atoms with E-state index in [1.165, 1.54) is 5.56 Å². The molecule has 4 nitrogen and oxygen atoms in total. The van der Waals surface area contributed by atoms with Gasteiger partial charge in [-0.1, -0.05) is 31.0 Å². The molecular weight excluding hydrogens is 314 g/mol. The lowest BCUT2D eigenvalue weighted by molar-refractivity contribution is -0.122. The van der Waals surface area contributed by atoms with Crippen LogP contribution in [0.3, 0.4) is 0 Å². The first-order valence-corrected chi connectivity index (χ1v) is 8.77. The summed E-state index contributed by atoms with van der Waals surface area (Å²) in [6.45, 7) is 8.59. The Morgan fingerprint density at radius 2 is 1.84 bits per heavy atom. The number of anilines is 1. The van der Waals surface area contributed by atoms with Gasteiger partial charge in [0.25, 0.3) is 5.91 Å². The molecule has 0 saturated carbocycles. The molecule has 0 radical (unpaired) electrons. The zero-order valence-electron chi connectivity index (χ0n) is 15.5. The fourth-order valence-corrected chi connectivity index (χ4v) is 2.39. The van der Waals surface area contributed by atoms with Crippen molar-refractivity contribution in [2.75, 3.05) is 11.9 Å². The molecule has 0 aliphatic rings. The normalized spacial score (nSPS) is 11.7. The molecule has 1 unspecified atom stereocenters. The Bertz CT molecular complexity index is 695. The molecule has 0 saturated heterocycles. The number of amides is 1. The predicted octanol–water partition coefficient (Wildman–Crippen LogP) is 4.89. The summed E-state index contributed by atoms with van der Waals surface area (Å²) in [5, 5.41) is 2.87. The highest BCUT2D eigenvalue weighted by molar-refractivity contribution is 5.94. The maximum atomic E-state index is 12.3. The monoisotopic (exact) mass is 341 g/mol. The van der Waals surface area contributed by atoms with Crippen molar-refractivity contribution in [1.29, 1.82) is 0 Å². The molecular formula is C21H27NO3. The van der Waals surface area contributed by atoms with Crippen LogP contribution >= 0.6 is 0 Å². The Kier molecular flexibility index (Phi) is 6.87. The zero-order valence-corrected chi connectivity index (χ0v) is 15.5. The summed E-state index contributed by atoms with van der Waals surface area (Å²) in [6, 6.07) is 13.3. The molecule has 0 bridgehead atoms. The van der Waals surface area contributed by atoms with Crippen LogP contribution in [-0.4, -0.2) is 18.6 Å². The molecule has 0 aromatic heterocycles. The second-order valence-corrected chi connectivity index (χ2v) is 6.24. The van der Waals surface area contributed by atoms with Gasteiger partial charge in [0.15, 0.2) is 6.10 Å². The van der Waals surface area contributed by atoms with Crippen molar-refractivity contribution in [3.63, 3.8) is 0 Å². The molecule has 1 amide bonds. The third-order valence-corrected chi connectivity index (χ3v) is 3.89. The average molecular weight is 341 g/mol. The summed E-state index contributed by atoms with van der Waals surface area (Å²) in [5.74, 6) is 1.36. The number of aryl methyl sites for hydroxylation is 2. The third-order valence-electron chi connectivity index (χ3n) is 3.89. The van der Waals surface area contributed by atoms with E-state index in [2.05, 4.69) is 12.2 Å². The van der Waals surface area contributed by atoms with E-state index in [1.54, 1.807) is 6.92 Å². The molecule has 0 aliphatic heterocycles. The van der Waals surface area contributed by atoms with Gasteiger partial charge in [-0.2, -0.15) is 0 Å². The minimum absolute atomic E-state index is 0.181. The summed E-state index contributed by atoms with van der Waals surface area (Å²) in [7, 11) is 0. The van der Waals surface area contributed by atoms with Crippen molar-refractivity contribution in [3.8, 4) is 11.5 Å². The lowest BCUT2D eigenvalue weighted by Crippen LogP contribution is -2.30. The first-order chi connectivity index (χ1) is 12.0. The largest absolute Gasteiger partial charge is 0.494 e. The molecule has 2 aromatic rings. The molecule has 2 rings (SSSR count). The van der Waals surface area contributed by atoms with E-state index in [1.807, 2.05) is 56.3 Å². The van der Waals surface area contributed by atoms with Gasteiger partial charge < -0.3 is 14.8 Å². The van der Waals surface area contributed by atoms with Gasteiger partial charge in [0.1, 0.15) is 11.5 Å². The summed E-state index contributed by atoms with van der Waals surface area (Å²) in [6.07, 6.45) is 1.56. The topological polar surface area (TPSA) is 47.6 Å². The van der Waals surface area contributed by atoms with Gasteiger partial charge in [-0.05, 0) is 63.1 Å². The second-order valence-electron chi connectivity index (χ2n) is 6.24. The van der Waals surface area contributed by atoms with Crippen molar-refractivity contribution in [1.82, 2.24) is 0 Å². The van der Waals surface area contributed by atoms with Gasteiger partial charge in [-0.25, -0.2) is 0 Å². The first-order valence-electron chi connectivity index (χ1n) is 8.77. The molecule has 134 valence electrons. The highest BCUT2D eigenvalue weighted by Gasteiger charge is 2.16. The smallest absolute Gasteiger partial charge is 0.265 e. The van der Waals surface area contributed by atoms with Crippen LogP contribution in [0.15, 0.2) is 42.5 Å². The quantitative estimate of drug-likeness (QED) is 0.696. The van der Waals surface area contributed by atoms with Crippen molar-refractivity contribution >= 4 is 11.6 Å². The minimum atomic E-state index is -0.582. The fraction of sp³-hybridized carbons (Fsp3) is 0.381. The maximum absolute atomic E-state index is 12.3. The number of carbonyl (C=O) groups excluding carboxylic acids is 1. The lowest BCUT2D eigenvalue weighted by Gasteiger charge is -2.16. The van der Waals surface area contributed by atoms with E-state index in [4.69, 9.17) is 9.47 Å². The van der Waals surface area contributed by atoms with Gasteiger partial charge in [0, 0.05) is 5.69 Å². The number of nitrogens with one attached hydrogen (secondary N) is 1. The van der Waals surface area contributed by atoms with E-state index >= 15 is 0 Å². The number of hydrogen-bond acceptors (Lipinski definition) is 3. The van der Waals surface area contributed by atoms with Gasteiger partial charge in [-0.3, -0.25) is 4.79 Å². The van der Waals surface area contributed by atoms with E-state index in [-0.39, 0.29) is 5.91 Å². The van der Waals surface area contributed by atoms with Crippen LogP contribution in [0.5, 0.6) is 11.5 Å². The lowest BCUT2D eigenvalue weighted by atomic mass is 10.1. The zero-order chi connectivity index (χ0) is 18.2. The Morgan fingerprint density at radius 1 is 1.12 bits per heavy atom. The standard InChI is InChI=1S/C21H27NO3/c1-5-6-13-24-19-10-8-18(9-11-19)22-21(23)17(4)25-20-12-7-15(2)14-16(20)3/h7-12,14,17H,5-6,13H2,1-4H3,(H,22,23). The van der Waals surface area contributed by atoms with E-state index in [0.717, 1.165) is 35.6 Å². The molecule has 1 atom stereocenters. The summed E-state index contributed by atoms with van der Waals surface area (Å²) < 4.78 is 11.4. The number of unbranched alkanes of at least 4 members (excludes halogenated alkanes) is 1. The van der Waals surface area contributed by atoms with Gasteiger partial charge >= 0.3 is 0 Å². The maximum Gasteiger partial charge on any atom is 0.265 e. The van der Waals surface area contributed by atoms with Crippen molar-refractivity contribution in [3.05, 3.63) is 53.6 Å².